The quantitative estimate of drug-likeness (QED) is 0.686. The first kappa shape index (κ1) is 19.5. The molecule has 1 aliphatic rings. The third kappa shape index (κ3) is 5.88. The van der Waals surface area contributed by atoms with Gasteiger partial charge < -0.3 is 19.1 Å². The fraction of sp³-hybridized carbons (Fsp3) is 0.381. The molecule has 3 rings (SSSR count). The standard InChI is InChI=1S/C21H24ClNO4/c1-25-18-8-10-19(11-9-18)27-15-21(24)23(14-20-3-2-12-26-20)13-16-4-6-17(22)7-5-16/h4-11,20H,2-3,12-15H2,1H3. The largest absolute Gasteiger partial charge is 0.497 e. The van der Waals surface area contributed by atoms with Gasteiger partial charge in [-0.25, -0.2) is 0 Å². The summed E-state index contributed by atoms with van der Waals surface area (Å²) in [5.74, 6) is 1.31. The Hall–Kier alpha value is -2.24. The van der Waals surface area contributed by atoms with E-state index in [0.29, 0.717) is 23.9 Å². The lowest BCUT2D eigenvalue weighted by Crippen LogP contribution is -2.39. The van der Waals surface area contributed by atoms with Crippen molar-refractivity contribution in [1.29, 1.82) is 0 Å². The number of ether oxygens (including phenoxy) is 3. The molecular weight excluding hydrogens is 366 g/mol. The van der Waals surface area contributed by atoms with Crippen molar-refractivity contribution in [1.82, 2.24) is 4.90 Å². The van der Waals surface area contributed by atoms with Crippen LogP contribution in [0.4, 0.5) is 0 Å². The molecule has 144 valence electrons. The van der Waals surface area contributed by atoms with Crippen LogP contribution in [0.2, 0.25) is 5.02 Å². The fourth-order valence-electron chi connectivity index (χ4n) is 3.01. The number of benzene rings is 2. The lowest BCUT2D eigenvalue weighted by Gasteiger charge is -2.25. The number of carbonyl (C=O) groups is 1. The number of amides is 1. The van der Waals surface area contributed by atoms with Crippen molar-refractivity contribution in [3.8, 4) is 11.5 Å². The average molecular weight is 390 g/mol. The Bertz CT molecular complexity index is 727. The monoisotopic (exact) mass is 389 g/mol. The zero-order valence-electron chi connectivity index (χ0n) is 15.4. The van der Waals surface area contributed by atoms with Crippen LogP contribution in [0.5, 0.6) is 11.5 Å². The predicted molar refractivity (Wildman–Crippen MR) is 104 cm³/mol. The third-order valence-corrected chi connectivity index (χ3v) is 4.76. The number of methoxy groups -OCH3 is 1. The van der Waals surface area contributed by atoms with E-state index in [2.05, 4.69) is 0 Å². The second kappa shape index (κ2) is 9.62. The second-order valence-electron chi connectivity index (χ2n) is 6.50. The van der Waals surface area contributed by atoms with E-state index in [1.807, 2.05) is 24.3 Å². The molecule has 0 radical (unpaired) electrons. The van der Waals surface area contributed by atoms with Gasteiger partial charge in [0.05, 0.1) is 13.2 Å². The number of hydrogen-bond donors (Lipinski definition) is 0. The lowest BCUT2D eigenvalue weighted by atomic mass is 10.2. The Morgan fingerprint density at radius 1 is 1.15 bits per heavy atom. The lowest BCUT2D eigenvalue weighted by molar-refractivity contribution is -0.135. The van der Waals surface area contributed by atoms with Crippen molar-refractivity contribution in [3.63, 3.8) is 0 Å². The molecule has 0 saturated carbocycles. The van der Waals surface area contributed by atoms with Gasteiger partial charge >= 0.3 is 0 Å². The molecule has 1 heterocycles. The number of carbonyl (C=O) groups excluding carboxylic acids is 1. The van der Waals surface area contributed by atoms with E-state index in [1.165, 1.54) is 0 Å². The highest BCUT2D eigenvalue weighted by Gasteiger charge is 2.23. The van der Waals surface area contributed by atoms with Crippen molar-refractivity contribution in [3.05, 3.63) is 59.1 Å². The van der Waals surface area contributed by atoms with Gasteiger partial charge in [-0.3, -0.25) is 4.79 Å². The van der Waals surface area contributed by atoms with E-state index in [4.69, 9.17) is 25.8 Å². The van der Waals surface area contributed by atoms with Crippen LogP contribution in [0.25, 0.3) is 0 Å². The minimum absolute atomic E-state index is 0.0212. The SMILES string of the molecule is COc1ccc(OCC(=O)N(Cc2ccc(Cl)cc2)CC2CCCO2)cc1. The average Bonchev–Trinajstić information content (AvgIpc) is 3.21. The minimum Gasteiger partial charge on any atom is -0.497 e. The topological polar surface area (TPSA) is 48.0 Å². The number of halogens is 1. The van der Waals surface area contributed by atoms with Gasteiger partial charge in [-0.15, -0.1) is 0 Å². The van der Waals surface area contributed by atoms with E-state index in [1.54, 1.807) is 36.3 Å². The molecule has 1 fully saturated rings. The summed E-state index contributed by atoms with van der Waals surface area (Å²) >= 11 is 5.96. The van der Waals surface area contributed by atoms with Crippen LogP contribution in [0, 0.1) is 0 Å². The highest BCUT2D eigenvalue weighted by Crippen LogP contribution is 2.19. The van der Waals surface area contributed by atoms with Crippen LogP contribution >= 0.6 is 11.6 Å². The first-order valence-electron chi connectivity index (χ1n) is 9.05. The van der Waals surface area contributed by atoms with Gasteiger partial charge in [-0.05, 0) is 54.8 Å². The van der Waals surface area contributed by atoms with Crippen LogP contribution in [-0.2, 0) is 16.1 Å². The first-order valence-corrected chi connectivity index (χ1v) is 9.42. The maximum atomic E-state index is 12.8. The van der Waals surface area contributed by atoms with Crippen LogP contribution in [0.15, 0.2) is 48.5 Å². The van der Waals surface area contributed by atoms with E-state index >= 15 is 0 Å². The molecule has 0 aliphatic carbocycles. The Morgan fingerprint density at radius 3 is 2.48 bits per heavy atom. The molecule has 0 N–H and O–H groups in total. The summed E-state index contributed by atoms with van der Waals surface area (Å²) in [5, 5.41) is 0.679. The molecule has 1 atom stereocenters. The molecule has 0 bridgehead atoms. The van der Waals surface area contributed by atoms with Crippen molar-refractivity contribution in [2.24, 2.45) is 0 Å². The van der Waals surface area contributed by atoms with Gasteiger partial charge in [0, 0.05) is 24.7 Å². The van der Waals surface area contributed by atoms with E-state index in [-0.39, 0.29) is 18.6 Å². The van der Waals surface area contributed by atoms with Gasteiger partial charge in [0.15, 0.2) is 6.61 Å². The maximum Gasteiger partial charge on any atom is 0.260 e. The molecule has 0 aromatic heterocycles. The van der Waals surface area contributed by atoms with Crippen molar-refractivity contribution < 1.29 is 19.0 Å². The molecule has 27 heavy (non-hydrogen) atoms. The molecule has 6 heteroatoms. The molecule has 1 unspecified atom stereocenters. The zero-order valence-corrected chi connectivity index (χ0v) is 16.2. The van der Waals surface area contributed by atoms with Gasteiger partial charge in [-0.2, -0.15) is 0 Å². The Balaban J connectivity index is 1.62. The van der Waals surface area contributed by atoms with Crippen LogP contribution in [0.1, 0.15) is 18.4 Å². The van der Waals surface area contributed by atoms with E-state index in [9.17, 15) is 4.79 Å². The van der Waals surface area contributed by atoms with E-state index in [0.717, 1.165) is 30.8 Å². The second-order valence-corrected chi connectivity index (χ2v) is 6.94. The highest BCUT2D eigenvalue weighted by molar-refractivity contribution is 6.30. The van der Waals surface area contributed by atoms with Crippen molar-refractivity contribution in [2.45, 2.75) is 25.5 Å². The smallest absolute Gasteiger partial charge is 0.260 e. The Morgan fingerprint density at radius 2 is 1.85 bits per heavy atom. The minimum atomic E-state index is -0.0729. The third-order valence-electron chi connectivity index (χ3n) is 4.51. The van der Waals surface area contributed by atoms with Crippen LogP contribution in [0.3, 0.4) is 0 Å². The van der Waals surface area contributed by atoms with Crippen LogP contribution < -0.4 is 9.47 Å². The molecule has 5 nitrogen and oxygen atoms in total. The van der Waals surface area contributed by atoms with Crippen molar-refractivity contribution >= 4 is 17.5 Å². The maximum absolute atomic E-state index is 12.8. The normalized spacial score (nSPS) is 16.1. The highest BCUT2D eigenvalue weighted by atomic mass is 35.5. The summed E-state index contributed by atoms with van der Waals surface area (Å²) in [4.78, 5) is 14.6. The summed E-state index contributed by atoms with van der Waals surface area (Å²) in [6.45, 7) is 1.80. The molecule has 2 aromatic rings. The van der Waals surface area contributed by atoms with Gasteiger partial charge in [0.2, 0.25) is 0 Å². The van der Waals surface area contributed by atoms with Gasteiger partial charge in [0.1, 0.15) is 11.5 Å². The summed E-state index contributed by atoms with van der Waals surface area (Å²) in [6, 6.07) is 14.7. The van der Waals surface area contributed by atoms with Crippen molar-refractivity contribution in [2.75, 3.05) is 26.9 Å². The summed E-state index contributed by atoms with van der Waals surface area (Å²) < 4.78 is 16.5. The Kier molecular flexibility index (Phi) is 6.96. The summed E-state index contributed by atoms with van der Waals surface area (Å²) in [7, 11) is 1.61. The van der Waals surface area contributed by atoms with Gasteiger partial charge in [0.25, 0.3) is 5.91 Å². The van der Waals surface area contributed by atoms with Gasteiger partial charge in [-0.1, -0.05) is 23.7 Å². The molecule has 2 aromatic carbocycles. The number of nitrogens with zero attached hydrogens (tertiary/aromatic N) is 1. The summed E-state index contributed by atoms with van der Waals surface area (Å²) in [5.41, 5.74) is 1.02. The number of rotatable bonds is 8. The predicted octanol–water partition coefficient (Wildman–Crippen LogP) is 3.94. The molecule has 0 spiro atoms. The zero-order chi connectivity index (χ0) is 19.1. The molecular formula is C21H24ClNO4. The Labute approximate surface area is 164 Å². The first-order chi connectivity index (χ1) is 13.1. The molecule has 1 amide bonds. The van der Waals surface area contributed by atoms with Crippen LogP contribution in [-0.4, -0.2) is 43.8 Å². The molecule has 1 aliphatic heterocycles. The van der Waals surface area contributed by atoms with E-state index < -0.39 is 0 Å². The fourth-order valence-corrected chi connectivity index (χ4v) is 3.13. The molecule has 1 saturated heterocycles. The number of hydrogen-bond acceptors (Lipinski definition) is 4. The summed E-state index contributed by atoms with van der Waals surface area (Å²) in [6.07, 6.45) is 2.10.